The molecule has 0 bridgehead atoms. The second kappa shape index (κ2) is 5.55. The van der Waals surface area contributed by atoms with Gasteiger partial charge in [0.05, 0.1) is 0 Å². The fraction of sp³-hybridized carbons (Fsp3) is 0.615. The third-order valence-corrected chi connectivity index (χ3v) is 4.23. The van der Waals surface area contributed by atoms with Crippen LogP contribution in [0.3, 0.4) is 0 Å². The minimum atomic E-state index is 0.170. The first-order chi connectivity index (χ1) is 10.0. The predicted octanol–water partition coefficient (Wildman–Crippen LogP) is 1.98. The van der Waals surface area contributed by atoms with Crippen LogP contribution in [0.15, 0.2) is 12.7 Å². The molecule has 7 nitrogen and oxygen atoms in total. The van der Waals surface area contributed by atoms with Crippen LogP contribution in [0.1, 0.15) is 27.2 Å². The van der Waals surface area contributed by atoms with Crippen LogP contribution in [-0.4, -0.2) is 42.3 Å². The second-order valence-electron chi connectivity index (χ2n) is 5.76. The van der Waals surface area contributed by atoms with Crippen molar-refractivity contribution in [1.82, 2.24) is 29.7 Å². The van der Waals surface area contributed by atoms with Gasteiger partial charge in [-0.25, -0.2) is 4.98 Å². The van der Waals surface area contributed by atoms with E-state index >= 15 is 0 Å². The lowest BCUT2D eigenvalue weighted by Gasteiger charge is -2.41. The minimum absolute atomic E-state index is 0.170. The largest absolute Gasteiger partial charge is 0.337 e. The molecule has 1 saturated heterocycles. The van der Waals surface area contributed by atoms with Gasteiger partial charge in [-0.2, -0.15) is 24.7 Å². The normalized spacial score (nSPS) is 26.1. The van der Waals surface area contributed by atoms with Gasteiger partial charge in [0, 0.05) is 12.6 Å². The van der Waals surface area contributed by atoms with Gasteiger partial charge in [0.15, 0.2) is 0 Å². The maximum atomic E-state index is 6.06. The molecule has 0 amide bonds. The number of aromatic nitrogens is 6. The van der Waals surface area contributed by atoms with Crippen LogP contribution in [0.4, 0.5) is 5.95 Å². The number of hydrogen-bond donors (Lipinski definition) is 0. The summed E-state index contributed by atoms with van der Waals surface area (Å²) >= 11 is 6.06. The van der Waals surface area contributed by atoms with Crippen molar-refractivity contribution in [2.75, 3.05) is 11.4 Å². The van der Waals surface area contributed by atoms with Gasteiger partial charge < -0.3 is 4.90 Å². The number of hydrogen-bond acceptors (Lipinski definition) is 6. The molecule has 0 saturated carbocycles. The van der Waals surface area contributed by atoms with Crippen LogP contribution in [0, 0.1) is 11.8 Å². The summed E-state index contributed by atoms with van der Waals surface area (Å²) in [6.45, 7) is 7.62. The summed E-state index contributed by atoms with van der Waals surface area (Å²) in [4.78, 5) is 19.0. The Labute approximate surface area is 128 Å². The first kappa shape index (κ1) is 14.2. The molecule has 8 heteroatoms. The fourth-order valence-electron chi connectivity index (χ4n) is 2.85. The summed E-state index contributed by atoms with van der Waals surface area (Å²) in [5.74, 6) is 2.17. The number of halogens is 1. The second-order valence-corrected chi connectivity index (χ2v) is 6.09. The van der Waals surface area contributed by atoms with Crippen LogP contribution in [0.25, 0.3) is 5.95 Å². The zero-order chi connectivity index (χ0) is 15.0. The summed E-state index contributed by atoms with van der Waals surface area (Å²) in [6.07, 6.45) is 4.19. The standard InChI is InChI=1S/C13H18ClN7/c1-8-4-9(2)10(3)20(5-8)12-17-11(14)18-13(19-12)21-7-15-6-16-21/h6-10H,4-5H2,1-3H3. The maximum Gasteiger partial charge on any atom is 0.258 e. The average Bonchev–Trinajstić information content (AvgIpc) is 2.96. The molecule has 3 atom stereocenters. The third-order valence-electron chi connectivity index (χ3n) is 4.06. The Bertz CT molecular complexity index is 615. The van der Waals surface area contributed by atoms with Crippen molar-refractivity contribution in [2.24, 2.45) is 11.8 Å². The van der Waals surface area contributed by atoms with E-state index in [1.165, 1.54) is 17.4 Å². The highest BCUT2D eigenvalue weighted by molar-refractivity contribution is 6.28. The first-order valence-corrected chi connectivity index (χ1v) is 7.45. The Morgan fingerprint density at radius 1 is 1.14 bits per heavy atom. The molecule has 1 aliphatic heterocycles. The molecule has 0 N–H and O–H groups in total. The molecule has 0 spiro atoms. The molecule has 3 rings (SSSR count). The first-order valence-electron chi connectivity index (χ1n) is 7.08. The van der Waals surface area contributed by atoms with Crippen LogP contribution in [0.2, 0.25) is 5.28 Å². The van der Waals surface area contributed by atoms with E-state index in [1.807, 2.05) is 0 Å². The van der Waals surface area contributed by atoms with Gasteiger partial charge in [-0.1, -0.05) is 13.8 Å². The number of piperidine rings is 1. The number of anilines is 1. The summed E-state index contributed by atoms with van der Waals surface area (Å²) in [7, 11) is 0. The van der Waals surface area contributed by atoms with Crippen LogP contribution in [-0.2, 0) is 0 Å². The van der Waals surface area contributed by atoms with Gasteiger partial charge in [-0.3, -0.25) is 0 Å². The summed E-state index contributed by atoms with van der Waals surface area (Å²) in [5, 5.41) is 4.21. The fourth-order valence-corrected chi connectivity index (χ4v) is 3.00. The Hall–Kier alpha value is -1.76. The highest BCUT2D eigenvalue weighted by Crippen LogP contribution is 2.29. The van der Waals surface area contributed by atoms with E-state index < -0.39 is 0 Å². The van der Waals surface area contributed by atoms with Gasteiger partial charge >= 0.3 is 0 Å². The zero-order valence-electron chi connectivity index (χ0n) is 12.3. The highest BCUT2D eigenvalue weighted by atomic mass is 35.5. The molecule has 3 unspecified atom stereocenters. The lowest BCUT2D eigenvalue weighted by molar-refractivity contribution is 0.293. The van der Waals surface area contributed by atoms with Crippen molar-refractivity contribution in [3.63, 3.8) is 0 Å². The minimum Gasteiger partial charge on any atom is -0.337 e. The van der Waals surface area contributed by atoms with Crippen LogP contribution < -0.4 is 4.90 Å². The number of nitrogens with zero attached hydrogens (tertiary/aromatic N) is 7. The summed E-state index contributed by atoms with van der Waals surface area (Å²) < 4.78 is 1.48. The smallest absolute Gasteiger partial charge is 0.258 e. The van der Waals surface area contributed by atoms with Crippen molar-refractivity contribution in [3.05, 3.63) is 17.9 Å². The average molecular weight is 308 g/mol. The van der Waals surface area contributed by atoms with Gasteiger partial charge in [0.1, 0.15) is 12.7 Å². The monoisotopic (exact) mass is 307 g/mol. The molecular formula is C13H18ClN7. The van der Waals surface area contributed by atoms with E-state index in [9.17, 15) is 0 Å². The third kappa shape index (κ3) is 2.83. The SMILES string of the molecule is CC1CC(C)C(C)N(c2nc(Cl)nc(-n3cncn3)n2)C1. The lowest BCUT2D eigenvalue weighted by atomic mass is 9.86. The quantitative estimate of drug-likeness (QED) is 0.844. The molecule has 0 aromatic carbocycles. The van der Waals surface area contributed by atoms with Gasteiger partial charge in [-0.05, 0) is 36.8 Å². The van der Waals surface area contributed by atoms with Crippen molar-refractivity contribution in [1.29, 1.82) is 0 Å². The Kier molecular flexibility index (Phi) is 3.75. The van der Waals surface area contributed by atoms with E-state index in [1.54, 1.807) is 6.33 Å². The van der Waals surface area contributed by atoms with Gasteiger partial charge in [0.25, 0.3) is 5.95 Å². The lowest BCUT2D eigenvalue weighted by Crippen LogP contribution is -2.46. The molecular weight excluding hydrogens is 290 g/mol. The van der Waals surface area contributed by atoms with E-state index in [-0.39, 0.29) is 5.28 Å². The number of rotatable bonds is 2. The van der Waals surface area contributed by atoms with Crippen molar-refractivity contribution in [2.45, 2.75) is 33.2 Å². The predicted molar refractivity (Wildman–Crippen MR) is 79.5 cm³/mol. The molecule has 2 aromatic rings. The zero-order valence-corrected chi connectivity index (χ0v) is 13.1. The molecule has 112 valence electrons. The van der Waals surface area contributed by atoms with Crippen molar-refractivity contribution < 1.29 is 0 Å². The van der Waals surface area contributed by atoms with E-state index in [0.717, 1.165) is 6.54 Å². The topological polar surface area (TPSA) is 72.6 Å². The van der Waals surface area contributed by atoms with Gasteiger partial charge in [0.2, 0.25) is 11.2 Å². The molecule has 21 heavy (non-hydrogen) atoms. The highest BCUT2D eigenvalue weighted by Gasteiger charge is 2.31. The van der Waals surface area contributed by atoms with Crippen molar-refractivity contribution >= 4 is 17.5 Å². The Morgan fingerprint density at radius 2 is 1.90 bits per heavy atom. The van der Waals surface area contributed by atoms with Crippen LogP contribution >= 0.6 is 11.6 Å². The molecule has 0 radical (unpaired) electrons. The summed E-state index contributed by atoms with van der Waals surface area (Å²) in [5.41, 5.74) is 0. The molecule has 0 aliphatic carbocycles. The molecule has 1 fully saturated rings. The van der Waals surface area contributed by atoms with E-state index in [4.69, 9.17) is 11.6 Å². The molecule has 3 heterocycles. The molecule has 1 aliphatic rings. The maximum absolute atomic E-state index is 6.06. The van der Waals surface area contributed by atoms with E-state index in [2.05, 4.69) is 50.7 Å². The molecule has 2 aromatic heterocycles. The Morgan fingerprint density at radius 3 is 2.62 bits per heavy atom. The van der Waals surface area contributed by atoms with Crippen LogP contribution in [0.5, 0.6) is 0 Å². The van der Waals surface area contributed by atoms with Crippen molar-refractivity contribution in [3.8, 4) is 5.95 Å². The Balaban J connectivity index is 1.98. The summed E-state index contributed by atoms with van der Waals surface area (Å²) in [6, 6.07) is 0.364. The van der Waals surface area contributed by atoms with Gasteiger partial charge in [-0.15, -0.1) is 0 Å². The van der Waals surface area contributed by atoms with E-state index in [0.29, 0.717) is 29.8 Å².